The molecule has 0 aromatic carbocycles. The lowest BCUT2D eigenvalue weighted by Gasteiger charge is -2.58. The lowest BCUT2D eigenvalue weighted by Crippen LogP contribution is -2.52. The second-order valence-corrected chi connectivity index (χ2v) is 10.4. The molecule has 27 heavy (non-hydrogen) atoms. The molecule has 8 atom stereocenters. The molecule has 3 nitrogen and oxygen atoms in total. The molecule has 5 aliphatic rings. The molecule has 4 aliphatic carbocycles. The van der Waals surface area contributed by atoms with E-state index >= 15 is 0 Å². The van der Waals surface area contributed by atoms with Crippen LogP contribution in [0.3, 0.4) is 0 Å². The number of aromatic nitrogens is 1. The number of pyridine rings is 1. The fraction of sp³-hybridized carbons (Fsp3) is 0.708. The van der Waals surface area contributed by atoms with Gasteiger partial charge in [-0.1, -0.05) is 31.6 Å². The van der Waals surface area contributed by atoms with Crippen LogP contribution in [0.2, 0.25) is 0 Å². The molecule has 0 bridgehead atoms. The summed E-state index contributed by atoms with van der Waals surface area (Å²) in [7, 11) is 0. The summed E-state index contributed by atoms with van der Waals surface area (Å²) in [6, 6.07) is 4.30. The van der Waals surface area contributed by atoms with Gasteiger partial charge in [0.25, 0.3) is 0 Å². The minimum atomic E-state index is -0.115. The molecule has 0 amide bonds. The number of epoxide rings is 1. The third-order valence-electron chi connectivity index (χ3n) is 9.60. The Hall–Kier alpha value is -1.19. The lowest BCUT2D eigenvalue weighted by atomic mass is 9.47. The second-order valence-electron chi connectivity index (χ2n) is 10.4. The van der Waals surface area contributed by atoms with E-state index in [1.165, 1.54) is 31.2 Å². The quantitative estimate of drug-likeness (QED) is 0.584. The molecule has 4 fully saturated rings. The lowest BCUT2D eigenvalue weighted by molar-refractivity contribution is -0.0845. The third-order valence-corrected chi connectivity index (χ3v) is 9.60. The van der Waals surface area contributed by atoms with E-state index in [2.05, 4.69) is 37.0 Å². The first-order valence-corrected chi connectivity index (χ1v) is 10.9. The second kappa shape index (κ2) is 5.24. The fourth-order valence-corrected chi connectivity index (χ4v) is 8.16. The Kier molecular flexibility index (Phi) is 3.25. The van der Waals surface area contributed by atoms with Crippen molar-refractivity contribution in [3.05, 3.63) is 41.7 Å². The van der Waals surface area contributed by atoms with Crippen LogP contribution in [0, 0.1) is 28.6 Å². The van der Waals surface area contributed by atoms with Gasteiger partial charge in [-0.25, -0.2) is 0 Å². The highest BCUT2D eigenvalue weighted by Gasteiger charge is 2.77. The molecule has 144 valence electrons. The Morgan fingerprint density at radius 2 is 2.07 bits per heavy atom. The van der Waals surface area contributed by atoms with Crippen molar-refractivity contribution in [1.29, 1.82) is 0 Å². The first-order valence-electron chi connectivity index (χ1n) is 10.9. The number of allylic oxidation sites excluding steroid dienone is 1. The summed E-state index contributed by atoms with van der Waals surface area (Å²) in [5, 5.41) is 10.2. The van der Waals surface area contributed by atoms with Gasteiger partial charge < -0.3 is 9.84 Å². The number of fused-ring (bicyclic) bond motifs is 7. The highest BCUT2D eigenvalue weighted by molar-refractivity contribution is 5.37. The number of ether oxygens (including phenoxy) is 1. The highest BCUT2D eigenvalue weighted by atomic mass is 16.6. The summed E-state index contributed by atoms with van der Waals surface area (Å²) in [5.74, 6) is 2.31. The zero-order chi connectivity index (χ0) is 18.4. The standard InChI is InChI=1S/C24H31NO2/c1-22-9-7-17(26)12-15(22)5-6-18-19(22)8-10-23(2)20(18)13-21-24(23,27-21)16-4-3-11-25-14-16/h3-5,11,14,17-21,26H,6-10,12-13H2,1-2H3/t17-,18+,19-,20-,21?,22-,23-,24+/m0/s1. The summed E-state index contributed by atoms with van der Waals surface area (Å²) in [6.45, 7) is 5.02. The summed E-state index contributed by atoms with van der Waals surface area (Å²) < 4.78 is 6.44. The van der Waals surface area contributed by atoms with E-state index in [0.717, 1.165) is 37.0 Å². The zero-order valence-corrected chi connectivity index (χ0v) is 16.5. The monoisotopic (exact) mass is 365 g/mol. The normalized spacial score (nSPS) is 52.9. The van der Waals surface area contributed by atoms with Gasteiger partial charge in [-0.3, -0.25) is 4.98 Å². The first-order chi connectivity index (χ1) is 13.0. The van der Waals surface area contributed by atoms with Gasteiger partial charge in [0.2, 0.25) is 0 Å². The van der Waals surface area contributed by atoms with E-state index in [1.807, 2.05) is 12.4 Å². The van der Waals surface area contributed by atoms with Gasteiger partial charge in [0.05, 0.1) is 12.2 Å². The van der Waals surface area contributed by atoms with E-state index in [9.17, 15) is 5.11 Å². The maximum atomic E-state index is 10.2. The molecule has 1 aliphatic heterocycles. The van der Waals surface area contributed by atoms with Crippen molar-refractivity contribution in [2.24, 2.45) is 28.6 Å². The van der Waals surface area contributed by atoms with Crippen molar-refractivity contribution in [3.63, 3.8) is 0 Å². The van der Waals surface area contributed by atoms with E-state index < -0.39 is 0 Å². The Bertz CT molecular complexity index is 806. The highest BCUT2D eigenvalue weighted by Crippen LogP contribution is 2.76. The van der Waals surface area contributed by atoms with E-state index in [1.54, 1.807) is 5.57 Å². The predicted octanol–water partition coefficient (Wildman–Crippen LogP) is 4.61. The van der Waals surface area contributed by atoms with Crippen LogP contribution < -0.4 is 0 Å². The van der Waals surface area contributed by atoms with Crippen molar-refractivity contribution in [1.82, 2.24) is 4.98 Å². The Labute approximate surface area is 162 Å². The van der Waals surface area contributed by atoms with Gasteiger partial charge in [0.15, 0.2) is 0 Å². The maximum Gasteiger partial charge on any atom is 0.127 e. The van der Waals surface area contributed by atoms with Crippen molar-refractivity contribution in [3.8, 4) is 0 Å². The SMILES string of the molecule is C[C@]12CC[C@H](O)CC1=CC[C@@H]1[C@@H]2CC[C@@]2(C)[C@H]1CC1O[C@]12c1cccnc1. The number of hydrogen-bond donors (Lipinski definition) is 1. The molecule has 2 heterocycles. The molecular weight excluding hydrogens is 334 g/mol. The molecule has 0 spiro atoms. The largest absolute Gasteiger partial charge is 0.393 e. The minimum Gasteiger partial charge on any atom is -0.393 e. The maximum absolute atomic E-state index is 10.2. The Morgan fingerprint density at radius 3 is 2.89 bits per heavy atom. The summed E-state index contributed by atoms with van der Waals surface area (Å²) in [6.07, 6.45) is 14.8. The van der Waals surface area contributed by atoms with Gasteiger partial charge in [-0.05, 0) is 74.2 Å². The molecule has 1 aromatic rings. The Morgan fingerprint density at radius 1 is 1.19 bits per heavy atom. The topological polar surface area (TPSA) is 45.6 Å². The van der Waals surface area contributed by atoms with Gasteiger partial charge >= 0.3 is 0 Å². The van der Waals surface area contributed by atoms with Crippen molar-refractivity contribution in [2.45, 2.75) is 76.6 Å². The van der Waals surface area contributed by atoms with Gasteiger partial charge in [0, 0.05) is 23.4 Å². The molecular formula is C24H31NO2. The van der Waals surface area contributed by atoms with Crippen LogP contribution in [0.5, 0.6) is 0 Å². The van der Waals surface area contributed by atoms with Gasteiger partial charge in [0.1, 0.15) is 5.60 Å². The smallest absolute Gasteiger partial charge is 0.127 e. The van der Waals surface area contributed by atoms with Crippen LogP contribution in [0.1, 0.15) is 64.4 Å². The third kappa shape index (κ3) is 1.93. The van der Waals surface area contributed by atoms with Gasteiger partial charge in [-0.15, -0.1) is 0 Å². The Balaban J connectivity index is 1.37. The molecule has 6 rings (SSSR count). The van der Waals surface area contributed by atoms with E-state index in [4.69, 9.17) is 4.74 Å². The van der Waals surface area contributed by atoms with E-state index in [0.29, 0.717) is 11.5 Å². The number of aliphatic hydroxyl groups excluding tert-OH is 1. The van der Waals surface area contributed by atoms with Crippen molar-refractivity contribution >= 4 is 0 Å². The zero-order valence-electron chi connectivity index (χ0n) is 16.5. The molecule has 0 radical (unpaired) electrons. The van der Waals surface area contributed by atoms with Crippen LogP contribution in [-0.4, -0.2) is 22.3 Å². The molecule has 1 saturated heterocycles. The predicted molar refractivity (Wildman–Crippen MR) is 104 cm³/mol. The van der Waals surface area contributed by atoms with Crippen molar-refractivity contribution < 1.29 is 9.84 Å². The summed E-state index contributed by atoms with van der Waals surface area (Å²) in [5.41, 5.74) is 3.34. The fourth-order valence-electron chi connectivity index (χ4n) is 8.16. The van der Waals surface area contributed by atoms with E-state index in [-0.39, 0.29) is 17.1 Å². The number of nitrogens with zero attached hydrogens (tertiary/aromatic N) is 1. The molecule has 1 N–H and O–H groups in total. The summed E-state index contributed by atoms with van der Waals surface area (Å²) >= 11 is 0. The minimum absolute atomic E-state index is 0.0788. The number of rotatable bonds is 1. The number of aliphatic hydroxyl groups is 1. The molecule has 1 aromatic heterocycles. The van der Waals surface area contributed by atoms with Crippen LogP contribution in [0.15, 0.2) is 36.2 Å². The average molecular weight is 366 g/mol. The summed E-state index contributed by atoms with van der Waals surface area (Å²) in [4.78, 5) is 4.41. The van der Waals surface area contributed by atoms with Crippen LogP contribution in [-0.2, 0) is 10.3 Å². The van der Waals surface area contributed by atoms with Gasteiger partial charge in [-0.2, -0.15) is 0 Å². The average Bonchev–Trinajstić information content (AvgIpc) is 3.35. The first kappa shape index (κ1) is 16.7. The molecule has 3 heteroatoms. The van der Waals surface area contributed by atoms with Crippen LogP contribution in [0.4, 0.5) is 0 Å². The van der Waals surface area contributed by atoms with Crippen LogP contribution >= 0.6 is 0 Å². The molecule has 1 unspecified atom stereocenters. The van der Waals surface area contributed by atoms with Crippen molar-refractivity contribution in [2.75, 3.05) is 0 Å². The number of hydrogen-bond acceptors (Lipinski definition) is 3. The van der Waals surface area contributed by atoms with Crippen LogP contribution in [0.25, 0.3) is 0 Å². The molecule has 3 saturated carbocycles.